The van der Waals surface area contributed by atoms with Gasteiger partial charge in [-0.3, -0.25) is 0 Å². The Bertz CT molecular complexity index is 857. The van der Waals surface area contributed by atoms with Gasteiger partial charge >= 0.3 is 203 Å². The Hall–Kier alpha value is -1.40. The van der Waals surface area contributed by atoms with E-state index in [-0.39, 0.29) is 0 Å². The van der Waals surface area contributed by atoms with Crippen LogP contribution in [0.4, 0.5) is 0 Å². The monoisotopic (exact) mass is 542 g/mol. The Labute approximate surface area is 214 Å². The van der Waals surface area contributed by atoms with Crippen LogP contribution >= 0.6 is 32.4 Å². The van der Waals surface area contributed by atoms with Crippen LogP contribution in [-0.4, -0.2) is 12.0 Å². The summed E-state index contributed by atoms with van der Waals surface area (Å²) < 4.78 is 0. The van der Waals surface area contributed by atoms with Crippen LogP contribution in [0.5, 0.6) is 0 Å². The third-order valence-electron chi connectivity index (χ3n) is 6.50. The zero-order valence-electron chi connectivity index (χ0n) is 19.6. The van der Waals surface area contributed by atoms with E-state index in [9.17, 15) is 0 Å². The van der Waals surface area contributed by atoms with Crippen molar-refractivity contribution in [2.24, 2.45) is 0 Å². The van der Waals surface area contributed by atoms with Gasteiger partial charge in [-0.25, -0.2) is 0 Å². The van der Waals surface area contributed by atoms with Crippen LogP contribution in [0.2, 0.25) is 0 Å². The summed E-state index contributed by atoms with van der Waals surface area (Å²) in [6, 6.07) is 33.1. The Morgan fingerprint density at radius 2 is 0.939 bits per heavy atom. The molecule has 3 heteroatoms. The number of allylic oxidation sites excluding steroid dienone is 2. The Balaban J connectivity index is 1.79. The molecule has 0 bridgehead atoms. The quantitative estimate of drug-likeness (QED) is 0.0825. The van der Waals surface area contributed by atoms with Gasteiger partial charge in [0.2, 0.25) is 0 Å². The van der Waals surface area contributed by atoms with Gasteiger partial charge in [-0.15, -0.1) is 11.6 Å². The number of hydrogen-bond donors (Lipinski definition) is 0. The van der Waals surface area contributed by atoms with Crippen molar-refractivity contribution in [3.8, 4) is 0 Å². The first-order chi connectivity index (χ1) is 16.2. The van der Waals surface area contributed by atoms with E-state index >= 15 is 0 Å². The molecule has 0 radical (unpaired) electrons. The van der Waals surface area contributed by atoms with Gasteiger partial charge in [0.25, 0.3) is 0 Å². The fourth-order valence-corrected chi connectivity index (χ4v) is 11.9. The number of halogens is 2. The van der Waals surface area contributed by atoms with Crippen molar-refractivity contribution in [1.82, 2.24) is 0 Å². The average molecular weight is 544 g/mol. The molecule has 0 unspecified atom stereocenters. The first kappa shape index (κ1) is 26.2. The molecule has 0 N–H and O–H groups in total. The summed E-state index contributed by atoms with van der Waals surface area (Å²) >= 11 is 10.3. The van der Waals surface area contributed by atoms with Gasteiger partial charge in [0.1, 0.15) is 0 Å². The summed E-state index contributed by atoms with van der Waals surface area (Å²) in [4.78, 5) is 0. The standard InChI is InChI=1S/C30H37BrClP/c31-33(28-20-12-9-13-21-28,29-22-14-10-15-23-29,30-24-16-11-17-25-30)27-19-8-6-4-2-1-3-5-7-18-26-32/h8-17,19-25H,1-7,18,26-27H2. The van der Waals surface area contributed by atoms with Gasteiger partial charge in [0.05, 0.1) is 0 Å². The van der Waals surface area contributed by atoms with Crippen LogP contribution < -0.4 is 15.9 Å². The Kier molecular flexibility index (Phi) is 10.7. The fraction of sp³-hybridized carbons (Fsp3) is 0.333. The zero-order valence-corrected chi connectivity index (χ0v) is 22.8. The van der Waals surface area contributed by atoms with Crippen molar-refractivity contribution in [2.75, 3.05) is 12.0 Å². The molecule has 0 aliphatic carbocycles. The molecule has 3 rings (SSSR count). The summed E-state index contributed by atoms with van der Waals surface area (Å²) in [6.07, 6.45) is 16.0. The van der Waals surface area contributed by atoms with Crippen molar-refractivity contribution in [3.63, 3.8) is 0 Å². The maximum absolute atomic E-state index is 5.76. The minimum absolute atomic E-state index is 0.804. The van der Waals surface area contributed by atoms with Gasteiger partial charge in [-0.05, 0) is 0 Å². The third-order valence-corrected chi connectivity index (χ3v) is 16.3. The molecule has 0 aliphatic heterocycles. The third kappa shape index (κ3) is 6.60. The maximum atomic E-state index is 5.76. The molecule has 0 atom stereocenters. The van der Waals surface area contributed by atoms with Crippen LogP contribution in [0.3, 0.4) is 0 Å². The second kappa shape index (κ2) is 13.5. The summed E-state index contributed by atoms with van der Waals surface area (Å²) in [7, 11) is 0. The molecule has 33 heavy (non-hydrogen) atoms. The number of rotatable bonds is 14. The van der Waals surface area contributed by atoms with Crippen molar-refractivity contribution >= 4 is 48.3 Å². The SMILES string of the molecule is ClCCCCCCCCCC=CCP(Br)(c1ccccc1)(c1ccccc1)c1ccccc1. The van der Waals surface area contributed by atoms with E-state index in [0.717, 1.165) is 24.9 Å². The summed E-state index contributed by atoms with van der Waals surface area (Å²) in [5.41, 5.74) is 0. The van der Waals surface area contributed by atoms with E-state index in [2.05, 4.69) is 119 Å². The summed E-state index contributed by atoms with van der Waals surface area (Å²) in [6.45, 7) is 0. The van der Waals surface area contributed by atoms with Gasteiger partial charge in [0.15, 0.2) is 0 Å². The average Bonchev–Trinajstić information content (AvgIpc) is 2.89. The number of unbranched alkanes of at least 4 members (excludes halogenated alkanes) is 7. The van der Waals surface area contributed by atoms with E-state index in [1.54, 1.807) is 0 Å². The normalized spacial score (nSPS) is 13.1. The van der Waals surface area contributed by atoms with E-state index in [0.29, 0.717) is 0 Å². The van der Waals surface area contributed by atoms with Crippen molar-refractivity contribution in [2.45, 2.75) is 51.4 Å². The molecule has 3 aromatic rings. The molecule has 176 valence electrons. The van der Waals surface area contributed by atoms with E-state index in [1.165, 1.54) is 54.4 Å². The van der Waals surface area contributed by atoms with Crippen molar-refractivity contribution < 1.29 is 0 Å². The zero-order chi connectivity index (χ0) is 23.3. The Morgan fingerprint density at radius 3 is 1.36 bits per heavy atom. The number of hydrogen-bond acceptors (Lipinski definition) is 0. The van der Waals surface area contributed by atoms with E-state index < -0.39 is 5.31 Å². The molecule has 0 saturated heterocycles. The molecule has 0 spiro atoms. The minimum atomic E-state index is -2.82. The summed E-state index contributed by atoms with van der Waals surface area (Å²) in [5.74, 6) is 0.804. The number of alkyl halides is 1. The molecular weight excluding hydrogens is 507 g/mol. The second-order valence-electron chi connectivity index (χ2n) is 8.80. The van der Waals surface area contributed by atoms with Crippen molar-refractivity contribution in [1.29, 1.82) is 0 Å². The Morgan fingerprint density at radius 1 is 0.545 bits per heavy atom. The predicted molar refractivity (Wildman–Crippen MR) is 156 cm³/mol. The van der Waals surface area contributed by atoms with Gasteiger partial charge < -0.3 is 0 Å². The van der Waals surface area contributed by atoms with Crippen LogP contribution in [0.25, 0.3) is 0 Å². The van der Waals surface area contributed by atoms with Crippen LogP contribution in [-0.2, 0) is 0 Å². The first-order valence-electron chi connectivity index (χ1n) is 12.3. The van der Waals surface area contributed by atoms with Crippen LogP contribution in [0.15, 0.2) is 103 Å². The molecule has 0 heterocycles. The predicted octanol–water partition coefficient (Wildman–Crippen LogP) is 8.74. The van der Waals surface area contributed by atoms with Gasteiger partial charge in [-0.2, -0.15) is 0 Å². The van der Waals surface area contributed by atoms with Crippen molar-refractivity contribution in [3.05, 3.63) is 103 Å². The topological polar surface area (TPSA) is 0 Å². The fourth-order valence-electron chi connectivity index (χ4n) is 4.61. The van der Waals surface area contributed by atoms with Gasteiger partial charge in [-0.1, -0.05) is 0 Å². The molecule has 0 aromatic heterocycles. The molecule has 0 amide bonds. The van der Waals surface area contributed by atoms with Crippen LogP contribution in [0.1, 0.15) is 51.4 Å². The van der Waals surface area contributed by atoms with Crippen LogP contribution in [0, 0.1) is 0 Å². The number of benzene rings is 3. The molecule has 0 nitrogen and oxygen atoms in total. The van der Waals surface area contributed by atoms with E-state index in [1.807, 2.05) is 0 Å². The summed E-state index contributed by atoms with van der Waals surface area (Å²) in [5, 5.41) is 1.32. The molecular formula is C30H37BrClP. The second-order valence-corrected chi connectivity index (χ2v) is 18.2. The molecule has 0 saturated carbocycles. The molecule has 3 aromatic carbocycles. The molecule has 0 aliphatic rings. The van der Waals surface area contributed by atoms with E-state index in [4.69, 9.17) is 11.6 Å². The van der Waals surface area contributed by atoms with Gasteiger partial charge in [0, 0.05) is 0 Å². The first-order valence-corrected chi connectivity index (χ1v) is 17.3. The molecule has 0 fully saturated rings.